The van der Waals surface area contributed by atoms with Gasteiger partial charge in [-0.05, 0) is 24.6 Å². The number of imidazole rings is 1. The molecule has 0 aliphatic heterocycles. The highest BCUT2D eigenvalue weighted by atomic mass is 19.4. The first-order valence-electron chi connectivity index (χ1n) is 10.7. The molecule has 0 spiro atoms. The van der Waals surface area contributed by atoms with Crippen LogP contribution in [0.1, 0.15) is 27.2 Å². The van der Waals surface area contributed by atoms with E-state index in [0.29, 0.717) is 18.1 Å². The summed E-state index contributed by atoms with van der Waals surface area (Å²) in [6, 6.07) is 12.1. The fourth-order valence-electron chi connectivity index (χ4n) is 3.88. The summed E-state index contributed by atoms with van der Waals surface area (Å²) >= 11 is 0. The Morgan fingerprint density at radius 1 is 1.11 bits per heavy atom. The quantitative estimate of drug-likeness (QED) is 0.380. The fraction of sp³-hybridized carbons (Fsp3) is 0.125. The van der Waals surface area contributed by atoms with E-state index in [0.717, 1.165) is 22.5 Å². The molecule has 182 valence electrons. The summed E-state index contributed by atoms with van der Waals surface area (Å²) in [6.45, 7) is 2.21. The Balaban J connectivity index is 1.45. The molecule has 1 aromatic carbocycles. The van der Waals surface area contributed by atoms with Crippen LogP contribution in [-0.2, 0) is 12.7 Å². The van der Waals surface area contributed by atoms with Crippen LogP contribution < -0.4 is 11.1 Å². The van der Waals surface area contributed by atoms with Gasteiger partial charge in [-0.1, -0.05) is 30.3 Å². The summed E-state index contributed by atoms with van der Waals surface area (Å²) in [5.74, 6) is -0.487. The summed E-state index contributed by atoms with van der Waals surface area (Å²) in [6.07, 6.45) is 1.04. The number of hydrogen-bond acceptors (Lipinski definition) is 6. The lowest BCUT2D eigenvalue weighted by atomic mass is 10.1. The summed E-state index contributed by atoms with van der Waals surface area (Å²) in [5.41, 5.74) is 6.34. The fourth-order valence-corrected chi connectivity index (χ4v) is 3.88. The third-order valence-electron chi connectivity index (χ3n) is 5.60. The smallest absolute Gasteiger partial charge is 0.382 e. The molecule has 0 radical (unpaired) electrons. The highest BCUT2D eigenvalue weighted by Crippen LogP contribution is 2.38. The van der Waals surface area contributed by atoms with E-state index in [4.69, 9.17) is 5.73 Å². The van der Waals surface area contributed by atoms with Crippen LogP contribution in [0.4, 0.5) is 24.8 Å². The molecule has 1 amide bonds. The molecular weight excluding hydrogens is 473 g/mol. The van der Waals surface area contributed by atoms with Crippen molar-refractivity contribution in [1.82, 2.24) is 29.1 Å². The second-order valence-corrected chi connectivity index (χ2v) is 8.07. The number of carbonyl (C=O) groups excluding carboxylic acids is 1. The molecule has 0 aliphatic carbocycles. The predicted molar refractivity (Wildman–Crippen MR) is 126 cm³/mol. The molecule has 4 heterocycles. The third kappa shape index (κ3) is 4.35. The number of carbonyl (C=O) groups is 1. The van der Waals surface area contributed by atoms with Crippen molar-refractivity contribution < 1.29 is 18.0 Å². The van der Waals surface area contributed by atoms with Gasteiger partial charge in [-0.3, -0.25) is 9.78 Å². The minimum absolute atomic E-state index is 0.0696. The Bertz CT molecular complexity index is 1570. The maximum absolute atomic E-state index is 13.7. The SMILES string of the molecule is Cc1ncc(-c2cc(C(F)(F)F)c3c(N)ncnn23)cc1C(=O)Nc1cn(Cc2ccccc2)cn1. The number of anilines is 2. The maximum Gasteiger partial charge on any atom is 0.418 e. The van der Waals surface area contributed by atoms with Gasteiger partial charge in [-0.2, -0.15) is 18.3 Å². The largest absolute Gasteiger partial charge is 0.418 e. The first kappa shape index (κ1) is 23.0. The number of nitrogens with one attached hydrogen (secondary N) is 1. The number of nitrogens with zero attached hydrogens (tertiary/aromatic N) is 6. The summed E-state index contributed by atoms with van der Waals surface area (Å²) in [5, 5.41) is 6.66. The predicted octanol–water partition coefficient (Wildman–Crippen LogP) is 4.20. The molecule has 0 bridgehead atoms. The second kappa shape index (κ2) is 8.80. The lowest BCUT2D eigenvalue weighted by Gasteiger charge is -2.08. The topological polar surface area (TPSA) is 116 Å². The van der Waals surface area contributed by atoms with Crippen molar-refractivity contribution in [3.63, 3.8) is 0 Å². The Morgan fingerprint density at radius 2 is 1.89 bits per heavy atom. The third-order valence-corrected chi connectivity index (χ3v) is 5.60. The van der Waals surface area contributed by atoms with Crippen molar-refractivity contribution in [2.75, 3.05) is 11.1 Å². The average molecular weight is 492 g/mol. The van der Waals surface area contributed by atoms with E-state index in [1.807, 2.05) is 34.9 Å². The van der Waals surface area contributed by atoms with Gasteiger partial charge in [0, 0.05) is 24.5 Å². The zero-order valence-electron chi connectivity index (χ0n) is 18.9. The van der Waals surface area contributed by atoms with Crippen LogP contribution >= 0.6 is 0 Å². The van der Waals surface area contributed by atoms with Gasteiger partial charge >= 0.3 is 6.18 Å². The van der Waals surface area contributed by atoms with Gasteiger partial charge in [0.15, 0.2) is 11.6 Å². The Kier molecular flexibility index (Phi) is 5.63. The van der Waals surface area contributed by atoms with Crippen LogP contribution in [0.3, 0.4) is 0 Å². The van der Waals surface area contributed by atoms with Crippen LogP contribution in [0.2, 0.25) is 0 Å². The highest BCUT2D eigenvalue weighted by molar-refractivity contribution is 6.05. The number of nitrogens with two attached hydrogens (primary N) is 1. The van der Waals surface area contributed by atoms with Crippen molar-refractivity contribution in [2.24, 2.45) is 0 Å². The number of pyridine rings is 1. The van der Waals surface area contributed by atoms with E-state index in [1.165, 1.54) is 12.3 Å². The van der Waals surface area contributed by atoms with Crippen LogP contribution in [0, 0.1) is 6.92 Å². The van der Waals surface area contributed by atoms with Crippen LogP contribution in [0.5, 0.6) is 0 Å². The Labute approximate surface area is 202 Å². The molecule has 5 rings (SSSR count). The molecule has 0 atom stereocenters. The summed E-state index contributed by atoms with van der Waals surface area (Å²) < 4.78 is 43.9. The normalized spacial score (nSPS) is 11.7. The van der Waals surface area contributed by atoms with E-state index in [1.54, 1.807) is 19.4 Å². The molecule has 0 unspecified atom stereocenters. The molecule has 0 aliphatic rings. The average Bonchev–Trinajstić information content (AvgIpc) is 3.45. The molecule has 12 heteroatoms. The van der Waals surface area contributed by atoms with E-state index in [-0.39, 0.29) is 28.2 Å². The molecule has 3 N–H and O–H groups in total. The van der Waals surface area contributed by atoms with E-state index < -0.39 is 17.6 Å². The highest BCUT2D eigenvalue weighted by Gasteiger charge is 2.36. The van der Waals surface area contributed by atoms with Crippen molar-refractivity contribution >= 4 is 23.1 Å². The number of amides is 1. The molecule has 36 heavy (non-hydrogen) atoms. The van der Waals surface area contributed by atoms with Gasteiger partial charge in [-0.15, -0.1) is 0 Å². The van der Waals surface area contributed by atoms with Gasteiger partial charge < -0.3 is 15.6 Å². The molecule has 0 saturated carbocycles. The molecule has 4 aromatic heterocycles. The molecule has 0 saturated heterocycles. The number of alkyl halides is 3. The molecule has 9 nitrogen and oxygen atoms in total. The number of benzene rings is 1. The number of aromatic nitrogens is 6. The Hall–Kier alpha value is -4.74. The van der Waals surface area contributed by atoms with E-state index in [2.05, 4.69) is 25.4 Å². The minimum Gasteiger partial charge on any atom is -0.382 e. The number of rotatable bonds is 5. The second-order valence-electron chi connectivity index (χ2n) is 8.07. The Morgan fingerprint density at radius 3 is 2.64 bits per heavy atom. The van der Waals surface area contributed by atoms with Crippen molar-refractivity contribution in [2.45, 2.75) is 19.6 Å². The van der Waals surface area contributed by atoms with Crippen molar-refractivity contribution in [1.29, 1.82) is 0 Å². The number of nitrogen functional groups attached to an aromatic ring is 1. The number of hydrogen-bond donors (Lipinski definition) is 2. The summed E-state index contributed by atoms with van der Waals surface area (Å²) in [4.78, 5) is 25.2. The van der Waals surface area contributed by atoms with Gasteiger partial charge in [0.05, 0.1) is 28.8 Å². The van der Waals surface area contributed by atoms with Crippen molar-refractivity contribution in [3.05, 3.63) is 89.9 Å². The van der Waals surface area contributed by atoms with Crippen LogP contribution in [0.15, 0.2) is 67.5 Å². The lowest BCUT2D eigenvalue weighted by Crippen LogP contribution is -2.14. The summed E-state index contributed by atoms with van der Waals surface area (Å²) in [7, 11) is 0. The molecule has 0 fully saturated rings. The zero-order valence-corrected chi connectivity index (χ0v) is 18.9. The first-order chi connectivity index (χ1) is 17.2. The monoisotopic (exact) mass is 492 g/mol. The van der Waals surface area contributed by atoms with Gasteiger partial charge in [0.25, 0.3) is 5.91 Å². The molecular formula is C24H19F3N8O. The maximum atomic E-state index is 13.7. The number of fused-ring (bicyclic) bond motifs is 1. The molecule has 5 aromatic rings. The van der Waals surface area contributed by atoms with E-state index >= 15 is 0 Å². The van der Waals surface area contributed by atoms with Gasteiger partial charge in [0.2, 0.25) is 0 Å². The number of halogens is 3. The van der Waals surface area contributed by atoms with Gasteiger partial charge in [0.1, 0.15) is 11.8 Å². The standard InChI is InChI=1S/C24H19F3N8O/c1-14-17(23(36)33-20-11-34(13-31-20)10-15-5-3-2-4-6-15)7-16(9-29-14)19-8-18(24(25,26)27)21-22(28)30-12-32-35(19)21/h2-9,11-13H,10H2,1H3,(H,33,36)(H2,28,30,32). The number of aryl methyl sites for hydroxylation is 1. The first-order valence-corrected chi connectivity index (χ1v) is 10.7. The van der Waals surface area contributed by atoms with Gasteiger partial charge in [-0.25, -0.2) is 14.5 Å². The van der Waals surface area contributed by atoms with E-state index in [9.17, 15) is 18.0 Å². The van der Waals surface area contributed by atoms with Crippen LogP contribution in [0.25, 0.3) is 16.8 Å². The zero-order chi connectivity index (χ0) is 25.4. The van der Waals surface area contributed by atoms with Crippen molar-refractivity contribution in [3.8, 4) is 11.3 Å². The lowest BCUT2D eigenvalue weighted by molar-refractivity contribution is -0.136. The minimum atomic E-state index is -4.68. The van der Waals surface area contributed by atoms with Crippen LogP contribution in [-0.4, -0.2) is 35.0 Å².